The summed E-state index contributed by atoms with van der Waals surface area (Å²) < 4.78 is 63.5. The summed E-state index contributed by atoms with van der Waals surface area (Å²) in [7, 11) is -7.43. The van der Waals surface area contributed by atoms with Gasteiger partial charge in [-0.3, -0.25) is 14.2 Å². The molecule has 10 rings (SSSR count). The predicted molar refractivity (Wildman–Crippen MR) is 285 cm³/mol. The van der Waals surface area contributed by atoms with E-state index in [1.807, 2.05) is 52.1 Å². The van der Waals surface area contributed by atoms with Crippen molar-refractivity contribution in [3.63, 3.8) is 0 Å². The number of anilines is 2. The number of fused-ring (bicyclic) bond motifs is 2. The number of benzene rings is 4. The minimum atomic E-state index is -3.73. The molecule has 0 unspecified atom stereocenters. The zero-order chi connectivity index (χ0) is 51.7. The van der Waals surface area contributed by atoms with E-state index in [2.05, 4.69) is 57.9 Å². The summed E-state index contributed by atoms with van der Waals surface area (Å²) in [6.07, 6.45) is 13.0. The maximum atomic E-state index is 12.6. The Morgan fingerprint density at radius 2 is 1.12 bits per heavy atom. The second-order valence-corrected chi connectivity index (χ2v) is 21.0. The number of amides is 1. The summed E-state index contributed by atoms with van der Waals surface area (Å²) in [5.41, 5.74) is 9.78. The fourth-order valence-electron chi connectivity index (χ4n) is 7.92. The SMILES string of the molecule is CC(=O)N1CC=C(c2cc3c(-c4ccc(NS(=O)(=O)c5ccc(Cl)cc5)cc4)ncnn3c2)CC1.CCOC(=O)Cl.O=S(=O)(Nc1ccc(-c2ncnn3cc(C4=CCNCC4)cc23)cc1)c1ccc(Cl)cc1. The molecule has 0 spiro atoms. The minimum Gasteiger partial charge on any atom is -0.454 e. The standard InChI is InChI=1S/C25H22ClN5O3S.C23H20ClN5O2S.C3H5ClO2/c1-17(32)30-12-10-18(11-13-30)20-14-24-25(27-16-28-31(24)15-20)19-2-6-22(7-3-19)29-35(33,34)23-8-4-21(26)5-9-23;24-19-3-7-21(8-4-19)32(30,31)28-20-5-1-17(2-6-20)23-22-13-18(14-29(22)27-15-26-23)16-9-11-25-12-10-16;1-2-6-3(4)5/h2-10,14-16,29H,11-13H2,1H3;1-9,13-15,25,28H,10-12H2;2H2,1H3. The molecule has 17 nitrogen and oxygen atoms in total. The number of sulfonamides is 2. The van der Waals surface area contributed by atoms with E-state index in [9.17, 15) is 26.4 Å². The second-order valence-electron chi connectivity index (χ2n) is 16.4. The molecule has 2 aliphatic rings. The monoisotopic (exact) mass is 1080 g/mol. The van der Waals surface area contributed by atoms with Gasteiger partial charge >= 0.3 is 5.43 Å². The van der Waals surface area contributed by atoms with Crippen LogP contribution >= 0.6 is 34.8 Å². The van der Waals surface area contributed by atoms with Crippen LogP contribution in [0.5, 0.6) is 0 Å². The van der Waals surface area contributed by atoms with Gasteiger partial charge in [0.25, 0.3) is 20.0 Å². The first kappa shape index (κ1) is 52.2. The molecule has 1 amide bonds. The van der Waals surface area contributed by atoms with Gasteiger partial charge in [-0.05, 0) is 134 Å². The van der Waals surface area contributed by atoms with Crippen molar-refractivity contribution in [3.05, 3.63) is 168 Å². The smallest absolute Gasteiger partial charge is 0.403 e. The van der Waals surface area contributed by atoms with Gasteiger partial charge in [-0.1, -0.05) is 59.6 Å². The molecule has 6 heterocycles. The van der Waals surface area contributed by atoms with Gasteiger partial charge in [-0.15, -0.1) is 0 Å². The third-order valence-electron chi connectivity index (χ3n) is 11.6. The average Bonchev–Trinajstić information content (AvgIpc) is 4.04. The first-order chi connectivity index (χ1) is 35.1. The van der Waals surface area contributed by atoms with Crippen LogP contribution in [-0.4, -0.2) is 95.1 Å². The third-order valence-corrected chi connectivity index (χ3v) is 15.0. The molecule has 0 fully saturated rings. The van der Waals surface area contributed by atoms with E-state index in [-0.39, 0.29) is 15.7 Å². The zero-order valence-electron chi connectivity index (χ0n) is 39.2. The number of nitrogens with one attached hydrogen (secondary N) is 3. The molecular formula is C51H47Cl3N10O7S2. The highest BCUT2D eigenvalue weighted by atomic mass is 35.5. The van der Waals surface area contributed by atoms with Crippen molar-refractivity contribution in [2.45, 2.75) is 36.5 Å². The maximum Gasteiger partial charge on any atom is 0.403 e. The van der Waals surface area contributed by atoms with Gasteiger partial charge in [0.15, 0.2) is 0 Å². The molecule has 2 aliphatic heterocycles. The van der Waals surface area contributed by atoms with Crippen molar-refractivity contribution >= 4 is 99.7 Å². The van der Waals surface area contributed by atoms with Crippen LogP contribution in [-0.2, 0) is 29.6 Å². The number of carbonyl (C=O) groups excluding carboxylic acids is 2. The van der Waals surface area contributed by atoms with Gasteiger partial charge < -0.3 is 15.0 Å². The molecular weight excluding hydrogens is 1040 g/mol. The lowest BCUT2D eigenvalue weighted by molar-refractivity contribution is -0.128. The average molecular weight is 1080 g/mol. The first-order valence-electron chi connectivity index (χ1n) is 22.7. The molecule has 8 aromatic rings. The molecule has 0 saturated heterocycles. The van der Waals surface area contributed by atoms with Crippen molar-refractivity contribution in [1.82, 2.24) is 39.4 Å². The summed E-state index contributed by atoms with van der Waals surface area (Å²) in [6, 6.07) is 30.3. The molecule has 73 heavy (non-hydrogen) atoms. The van der Waals surface area contributed by atoms with Crippen molar-refractivity contribution < 1.29 is 31.2 Å². The van der Waals surface area contributed by atoms with Gasteiger partial charge in [-0.2, -0.15) is 10.2 Å². The second kappa shape index (κ2) is 23.2. The van der Waals surface area contributed by atoms with E-state index in [0.29, 0.717) is 41.1 Å². The molecule has 3 N–H and O–H groups in total. The molecule has 4 aromatic carbocycles. The third kappa shape index (κ3) is 13.1. The predicted octanol–water partition coefficient (Wildman–Crippen LogP) is 10.1. The lowest BCUT2D eigenvalue weighted by atomic mass is 10.0. The minimum absolute atomic E-state index is 0.0781. The van der Waals surface area contributed by atoms with Gasteiger partial charge in [-0.25, -0.2) is 40.6 Å². The van der Waals surface area contributed by atoms with Crippen LogP contribution in [0.3, 0.4) is 0 Å². The normalized spacial score (nSPS) is 13.7. The molecule has 0 saturated carbocycles. The topological polar surface area (TPSA) is 211 Å². The lowest BCUT2D eigenvalue weighted by Gasteiger charge is -2.24. The Hall–Kier alpha value is -7.13. The number of aromatic nitrogens is 6. The molecule has 22 heteroatoms. The number of rotatable bonds is 11. The fraction of sp³-hybridized carbons (Fsp3) is 0.176. The highest BCUT2D eigenvalue weighted by molar-refractivity contribution is 7.93. The Labute approximate surface area is 436 Å². The number of ether oxygens (including phenoxy) is 1. The molecule has 0 aliphatic carbocycles. The fourth-order valence-corrected chi connectivity index (χ4v) is 10.4. The van der Waals surface area contributed by atoms with Crippen LogP contribution in [0.4, 0.5) is 16.2 Å². The van der Waals surface area contributed by atoms with Crippen molar-refractivity contribution in [2.75, 3.05) is 42.2 Å². The Bertz CT molecular complexity index is 3570. The van der Waals surface area contributed by atoms with Crippen LogP contribution in [0.15, 0.2) is 156 Å². The van der Waals surface area contributed by atoms with Gasteiger partial charge in [0.05, 0.1) is 38.8 Å². The summed E-state index contributed by atoms with van der Waals surface area (Å²) in [6.45, 7) is 6.75. The number of hydrogen-bond acceptors (Lipinski definition) is 12. The van der Waals surface area contributed by atoms with Crippen LogP contribution in [0.2, 0.25) is 10.0 Å². The van der Waals surface area contributed by atoms with Crippen molar-refractivity contribution in [1.29, 1.82) is 0 Å². The summed E-state index contributed by atoms with van der Waals surface area (Å²) in [5, 5.41) is 13.0. The van der Waals surface area contributed by atoms with Crippen LogP contribution in [0, 0.1) is 0 Å². The number of hydrogen-bond donors (Lipinski definition) is 3. The number of halogens is 3. The van der Waals surface area contributed by atoms with E-state index >= 15 is 0 Å². The Kier molecular flexibility index (Phi) is 16.6. The Morgan fingerprint density at radius 3 is 1.49 bits per heavy atom. The lowest BCUT2D eigenvalue weighted by Crippen LogP contribution is -2.32. The van der Waals surface area contributed by atoms with Gasteiger partial charge in [0.1, 0.15) is 12.7 Å². The molecule has 0 bridgehead atoms. The summed E-state index contributed by atoms with van der Waals surface area (Å²) >= 11 is 16.4. The van der Waals surface area contributed by atoms with E-state index in [1.165, 1.54) is 60.2 Å². The van der Waals surface area contributed by atoms with E-state index in [4.69, 9.17) is 34.8 Å². The van der Waals surface area contributed by atoms with Crippen molar-refractivity contribution in [2.24, 2.45) is 0 Å². The van der Waals surface area contributed by atoms with Crippen LogP contribution in [0.25, 0.3) is 44.7 Å². The van der Waals surface area contributed by atoms with E-state index < -0.39 is 25.5 Å². The van der Waals surface area contributed by atoms with Gasteiger partial charge in [0.2, 0.25) is 5.91 Å². The summed E-state index contributed by atoms with van der Waals surface area (Å²) in [4.78, 5) is 32.2. The largest absolute Gasteiger partial charge is 0.454 e. The van der Waals surface area contributed by atoms with E-state index in [1.54, 1.807) is 54.8 Å². The quantitative estimate of drug-likeness (QED) is 0.103. The molecule has 376 valence electrons. The van der Waals surface area contributed by atoms with Crippen molar-refractivity contribution in [3.8, 4) is 22.5 Å². The Balaban J connectivity index is 0.000000176. The number of carbonyl (C=O) groups is 2. The highest BCUT2D eigenvalue weighted by Gasteiger charge is 2.20. The Morgan fingerprint density at radius 1 is 0.658 bits per heavy atom. The molecule has 0 radical (unpaired) electrons. The molecule has 4 aromatic heterocycles. The summed E-state index contributed by atoms with van der Waals surface area (Å²) in [5.74, 6) is 0.0781. The van der Waals surface area contributed by atoms with Crippen LogP contribution in [0.1, 0.15) is 37.8 Å². The van der Waals surface area contributed by atoms with Gasteiger partial charge in [0, 0.05) is 83.1 Å². The first-order valence-corrected chi connectivity index (χ1v) is 26.8. The maximum absolute atomic E-state index is 12.6. The zero-order valence-corrected chi connectivity index (χ0v) is 43.1. The highest BCUT2D eigenvalue weighted by Crippen LogP contribution is 2.31. The van der Waals surface area contributed by atoms with Crippen LogP contribution < -0.4 is 14.8 Å². The number of nitrogens with zero attached hydrogens (tertiary/aromatic N) is 7. The van der Waals surface area contributed by atoms with E-state index in [0.717, 1.165) is 70.6 Å². The molecule has 0 atom stereocenters.